The second kappa shape index (κ2) is 21.7. The summed E-state index contributed by atoms with van der Waals surface area (Å²) in [6, 6.07) is 19.2. The molecule has 0 aliphatic rings. The first-order valence-corrected chi connectivity index (χ1v) is 18.8. The van der Waals surface area contributed by atoms with E-state index in [0.717, 1.165) is 50.5 Å². The molecule has 0 aliphatic carbocycles. The topological polar surface area (TPSA) is 17.1 Å². The molecule has 254 valence electrons. The van der Waals surface area contributed by atoms with E-state index in [1.54, 1.807) is 11.8 Å². The van der Waals surface area contributed by atoms with Gasteiger partial charge in [-0.25, -0.2) is 0 Å². The number of Topliss-reactive ketones (excluding diaryl/α,β-unsaturated/α-hetero) is 1. The molecule has 0 N–H and O–H groups in total. The molecule has 45 heavy (non-hydrogen) atoms. The fraction of sp³-hybridized carbons (Fsp3) is 0.605. The zero-order valence-corrected chi connectivity index (χ0v) is 32.3. The number of allylic oxidation sites excluding steroid dienone is 2. The first-order chi connectivity index (χ1) is 21.0. The second-order valence-electron chi connectivity index (χ2n) is 15.2. The van der Waals surface area contributed by atoms with Crippen LogP contribution in [0.5, 0.6) is 0 Å². The minimum atomic E-state index is -0.420. The van der Waals surface area contributed by atoms with Crippen molar-refractivity contribution in [2.45, 2.75) is 145 Å². The van der Waals surface area contributed by atoms with E-state index in [-0.39, 0.29) is 16.7 Å². The second-order valence-corrected chi connectivity index (χ2v) is 16.1. The summed E-state index contributed by atoms with van der Waals surface area (Å²) in [5, 5.41) is 0. The standard InChI is InChI=1S/C37H54OS.2C3H8/c1-11-29(24-28(2)25-30-19-17-22-32(26-30)39-10)18-15-16-23-36(6,7)37(8,9)34(38)33(27-35(3,4)5)31-20-13-12-14-21-31;2*1-3-2/h11-14,17,19-22,26,29,33H,1-2,15-16,18,23-25,27H2,3-10H3;2*3H2,1-2H3. The number of unbranched alkanes of at least 4 members (excludes halogenated alkanes) is 1. The fourth-order valence-corrected chi connectivity index (χ4v) is 6.02. The van der Waals surface area contributed by atoms with Crippen LogP contribution in [0.4, 0.5) is 0 Å². The molecule has 2 aromatic carbocycles. The van der Waals surface area contributed by atoms with Gasteiger partial charge in [0, 0.05) is 16.2 Å². The summed E-state index contributed by atoms with van der Waals surface area (Å²) in [4.78, 5) is 15.5. The lowest BCUT2D eigenvalue weighted by Crippen LogP contribution is -2.43. The van der Waals surface area contributed by atoms with Gasteiger partial charge in [0.15, 0.2) is 0 Å². The van der Waals surface area contributed by atoms with E-state index in [1.165, 1.54) is 28.9 Å². The third-order valence-corrected chi connectivity index (χ3v) is 9.47. The zero-order chi connectivity index (χ0) is 34.7. The first kappa shape index (κ1) is 42.9. The molecule has 0 aliphatic heterocycles. The lowest BCUT2D eigenvalue weighted by atomic mass is 9.59. The molecule has 2 heteroatoms. The minimum absolute atomic E-state index is 0.0757. The van der Waals surface area contributed by atoms with Crippen LogP contribution in [0.1, 0.15) is 145 Å². The van der Waals surface area contributed by atoms with Crippen molar-refractivity contribution in [1.29, 1.82) is 0 Å². The summed E-state index contributed by atoms with van der Waals surface area (Å²) >= 11 is 1.78. The van der Waals surface area contributed by atoms with Crippen molar-refractivity contribution in [1.82, 2.24) is 0 Å². The summed E-state index contributed by atoms with van der Waals surface area (Å²) in [6.45, 7) is 32.7. The Morgan fingerprint density at radius 3 is 1.96 bits per heavy atom. The molecule has 2 unspecified atom stereocenters. The van der Waals surface area contributed by atoms with Crippen LogP contribution in [-0.2, 0) is 11.2 Å². The van der Waals surface area contributed by atoms with E-state index in [4.69, 9.17) is 0 Å². The summed E-state index contributed by atoms with van der Waals surface area (Å²) in [5.74, 6) is 0.751. The Balaban J connectivity index is 0.00000298. The Bertz CT molecular complexity index is 1100. The summed E-state index contributed by atoms with van der Waals surface area (Å²) in [5.41, 5.74) is 3.33. The number of carbonyl (C=O) groups excluding carboxylic acids is 1. The highest BCUT2D eigenvalue weighted by Crippen LogP contribution is 2.48. The van der Waals surface area contributed by atoms with Crippen molar-refractivity contribution in [3.63, 3.8) is 0 Å². The largest absolute Gasteiger partial charge is 0.298 e. The zero-order valence-electron chi connectivity index (χ0n) is 31.5. The molecule has 2 atom stereocenters. The number of carbonyl (C=O) groups is 1. The first-order valence-electron chi connectivity index (χ1n) is 17.5. The Morgan fingerprint density at radius 1 is 0.867 bits per heavy atom. The highest BCUT2D eigenvalue weighted by Gasteiger charge is 2.45. The molecule has 0 aromatic heterocycles. The van der Waals surface area contributed by atoms with Crippen LogP contribution in [0, 0.1) is 22.2 Å². The average Bonchev–Trinajstić information content (AvgIpc) is 2.97. The maximum Gasteiger partial charge on any atom is 0.146 e. The van der Waals surface area contributed by atoms with Gasteiger partial charge in [0.25, 0.3) is 0 Å². The third-order valence-electron chi connectivity index (χ3n) is 8.74. The Kier molecular flexibility index (Phi) is 20.7. The van der Waals surface area contributed by atoms with Gasteiger partial charge in [0.05, 0.1) is 0 Å². The van der Waals surface area contributed by atoms with E-state index < -0.39 is 5.41 Å². The number of hydrogen-bond acceptors (Lipinski definition) is 2. The van der Waals surface area contributed by atoms with E-state index in [0.29, 0.717) is 11.7 Å². The molecule has 0 heterocycles. The maximum atomic E-state index is 14.2. The van der Waals surface area contributed by atoms with Gasteiger partial charge in [-0.2, -0.15) is 0 Å². The van der Waals surface area contributed by atoms with Crippen LogP contribution in [0.15, 0.2) is 84.3 Å². The predicted molar refractivity (Wildman–Crippen MR) is 206 cm³/mol. The highest BCUT2D eigenvalue weighted by molar-refractivity contribution is 7.98. The van der Waals surface area contributed by atoms with Gasteiger partial charge in [-0.1, -0.05) is 163 Å². The number of hydrogen-bond donors (Lipinski definition) is 0. The van der Waals surface area contributed by atoms with Gasteiger partial charge in [-0.15, -0.1) is 18.3 Å². The molecular weight excluding hydrogens is 565 g/mol. The predicted octanol–water partition coefficient (Wildman–Crippen LogP) is 13.9. The van der Waals surface area contributed by atoms with Gasteiger partial charge in [0.1, 0.15) is 5.78 Å². The van der Waals surface area contributed by atoms with Crippen LogP contribution in [0.2, 0.25) is 0 Å². The number of ketones is 1. The van der Waals surface area contributed by atoms with Crippen molar-refractivity contribution in [2.24, 2.45) is 22.2 Å². The number of benzene rings is 2. The molecule has 0 bridgehead atoms. The molecule has 1 nitrogen and oxygen atoms in total. The molecule has 2 rings (SSSR count). The third kappa shape index (κ3) is 16.4. The SMILES string of the molecule is C=CC(CCCCC(C)(C)C(C)(C)C(=O)C(CC(C)(C)C)c1ccccc1)CC(=C)Cc1cccc(SC)c1.CCC.CCC. The smallest absolute Gasteiger partial charge is 0.146 e. The molecular formula is C43H70OS. The quantitative estimate of drug-likeness (QED) is 0.104. The van der Waals surface area contributed by atoms with Gasteiger partial charge < -0.3 is 0 Å². The van der Waals surface area contributed by atoms with E-state index in [1.807, 2.05) is 6.07 Å². The van der Waals surface area contributed by atoms with E-state index in [2.05, 4.69) is 150 Å². The van der Waals surface area contributed by atoms with Crippen molar-refractivity contribution in [2.75, 3.05) is 6.26 Å². The number of rotatable bonds is 16. The maximum absolute atomic E-state index is 14.2. The van der Waals surface area contributed by atoms with Gasteiger partial charge >= 0.3 is 0 Å². The molecule has 2 aromatic rings. The molecule has 0 spiro atoms. The van der Waals surface area contributed by atoms with Crippen molar-refractivity contribution in [3.8, 4) is 0 Å². The van der Waals surface area contributed by atoms with Gasteiger partial charge in [-0.05, 0) is 78.4 Å². The van der Waals surface area contributed by atoms with Crippen LogP contribution in [0.3, 0.4) is 0 Å². The fourth-order valence-electron chi connectivity index (χ4n) is 5.53. The Labute approximate surface area is 285 Å². The average molecular weight is 635 g/mol. The molecule has 0 saturated heterocycles. The van der Waals surface area contributed by atoms with Gasteiger partial charge in [0.2, 0.25) is 0 Å². The normalized spacial score (nSPS) is 13.0. The van der Waals surface area contributed by atoms with Crippen molar-refractivity contribution < 1.29 is 4.79 Å². The van der Waals surface area contributed by atoms with E-state index >= 15 is 0 Å². The van der Waals surface area contributed by atoms with Crippen LogP contribution in [-0.4, -0.2) is 12.0 Å². The number of thioether (sulfide) groups is 1. The minimum Gasteiger partial charge on any atom is -0.298 e. The lowest BCUT2D eigenvalue weighted by Gasteiger charge is -2.43. The summed E-state index contributed by atoms with van der Waals surface area (Å²) < 4.78 is 0. The van der Waals surface area contributed by atoms with E-state index in [9.17, 15) is 4.79 Å². The van der Waals surface area contributed by atoms with Crippen LogP contribution in [0.25, 0.3) is 0 Å². The van der Waals surface area contributed by atoms with Gasteiger partial charge in [-0.3, -0.25) is 4.79 Å². The van der Waals surface area contributed by atoms with Crippen molar-refractivity contribution in [3.05, 3.63) is 90.5 Å². The lowest BCUT2D eigenvalue weighted by molar-refractivity contribution is -0.136. The highest BCUT2D eigenvalue weighted by atomic mass is 32.2. The summed E-state index contributed by atoms with van der Waals surface area (Å²) in [7, 11) is 0. The van der Waals surface area contributed by atoms with Crippen molar-refractivity contribution >= 4 is 17.5 Å². The summed E-state index contributed by atoms with van der Waals surface area (Å²) in [6.07, 6.45) is 13.9. The molecule has 0 amide bonds. The van der Waals surface area contributed by atoms with Crippen LogP contribution < -0.4 is 0 Å². The van der Waals surface area contributed by atoms with Crippen LogP contribution >= 0.6 is 11.8 Å². The Hall–Kier alpha value is -2.06. The molecule has 0 radical (unpaired) electrons. The molecule has 0 fully saturated rings. The molecule has 0 saturated carbocycles. The monoisotopic (exact) mass is 635 g/mol. The Morgan fingerprint density at radius 2 is 1.44 bits per heavy atom.